The molecule has 0 fully saturated rings. The van der Waals surface area contributed by atoms with E-state index in [9.17, 15) is 4.91 Å². The molecule has 0 aromatic heterocycles. The third kappa shape index (κ3) is 5.76. The Labute approximate surface area is 189 Å². The molecule has 3 rings (SSSR count). The van der Waals surface area contributed by atoms with Gasteiger partial charge in [0, 0.05) is 12.2 Å². The summed E-state index contributed by atoms with van der Waals surface area (Å²) in [5, 5.41) is 0. The molecule has 1 N–H and O–H groups in total. The smallest absolute Gasteiger partial charge is 0.387 e. The van der Waals surface area contributed by atoms with E-state index in [1.165, 1.54) is 0 Å². The van der Waals surface area contributed by atoms with Gasteiger partial charge < -0.3 is 9.29 Å². The van der Waals surface area contributed by atoms with Crippen molar-refractivity contribution in [3.63, 3.8) is 0 Å². The molecule has 0 amide bonds. The van der Waals surface area contributed by atoms with Crippen molar-refractivity contribution in [1.82, 2.24) is 4.85 Å². The maximum Gasteiger partial charge on any atom is 0.387 e. The van der Waals surface area contributed by atoms with Gasteiger partial charge in [0.1, 0.15) is 11.5 Å². The predicted octanol–water partition coefficient (Wildman–Crippen LogP) is 6.71. The van der Waals surface area contributed by atoms with E-state index in [-0.39, 0.29) is 11.3 Å². The van der Waals surface area contributed by atoms with Crippen LogP contribution in [0.1, 0.15) is 44.1 Å². The molecule has 2 aliphatic carbocycles. The Hall–Kier alpha value is -2.59. The number of nitroso groups, excluding NO2 is 1. The monoisotopic (exact) mass is 436 g/mol. The van der Waals surface area contributed by atoms with Crippen LogP contribution in [0.2, 0.25) is 0 Å². The van der Waals surface area contributed by atoms with Crippen LogP contribution < -0.4 is 9.59 Å². The molecule has 1 unspecified atom stereocenters. The molecule has 0 radical (unpaired) electrons. The van der Waals surface area contributed by atoms with Gasteiger partial charge in [0.05, 0.1) is 11.5 Å². The second kappa shape index (κ2) is 11.1. The Kier molecular flexibility index (Phi) is 8.30. The molecule has 0 bridgehead atoms. The zero-order valence-electron chi connectivity index (χ0n) is 17.8. The van der Waals surface area contributed by atoms with Crippen molar-refractivity contribution >= 4 is 23.3 Å². The minimum Gasteiger partial charge on any atom is -0.462 e. The third-order valence-corrected chi connectivity index (χ3v) is 6.50. The largest absolute Gasteiger partial charge is 0.462 e. The highest BCUT2D eigenvalue weighted by molar-refractivity contribution is 7.93. The van der Waals surface area contributed by atoms with Gasteiger partial charge in [0.15, 0.2) is 4.91 Å². The summed E-state index contributed by atoms with van der Waals surface area (Å²) in [7, 11) is 0. The van der Waals surface area contributed by atoms with Crippen LogP contribution >= 0.6 is 12.0 Å². The fourth-order valence-electron chi connectivity index (χ4n) is 4.37. The Balaban J connectivity index is 1.68. The van der Waals surface area contributed by atoms with Crippen molar-refractivity contribution < 1.29 is 9.29 Å². The van der Waals surface area contributed by atoms with Crippen LogP contribution in [-0.4, -0.2) is 16.0 Å². The van der Waals surface area contributed by atoms with Crippen LogP contribution in [0.3, 0.4) is 0 Å². The fraction of sp³-hybridized carbons (Fsp3) is 0.346. The van der Waals surface area contributed by atoms with Crippen molar-refractivity contribution in [1.29, 1.82) is 0 Å². The summed E-state index contributed by atoms with van der Waals surface area (Å²) < 4.78 is 15.1. The zero-order valence-corrected chi connectivity index (χ0v) is 18.7. The van der Waals surface area contributed by atoms with Crippen molar-refractivity contribution in [2.45, 2.75) is 38.5 Å². The highest BCUT2D eigenvalue weighted by Gasteiger charge is 2.32. The van der Waals surface area contributed by atoms with Crippen molar-refractivity contribution in [2.24, 2.45) is 11.3 Å². The predicted molar refractivity (Wildman–Crippen MR) is 132 cm³/mol. The number of allylic oxidation sites excluding steroid dienone is 8. The molecule has 0 aliphatic heterocycles. The van der Waals surface area contributed by atoms with Gasteiger partial charge in [-0.05, 0) is 79.4 Å². The van der Waals surface area contributed by atoms with E-state index >= 15 is 0 Å². The van der Waals surface area contributed by atoms with Crippen molar-refractivity contribution in [3.8, 4) is 5.75 Å². The van der Waals surface area contributed by atoms with Crippen LogP contribution in [0.4, 0.5) is 0 Å². The summed E-state index contributed by atoms with van der Waals surface area (Å²) in [6.07, 6.45) is 17.6. The molecule has 2 aliphatic rings. The highest BCUT2D eigenvalue weighted by Crippen LogP contribution is 2.42. The first kappa shape index (κ1) is 23.1. The molecule has 0 heterocycles. The van der Waals surface area contributed by atoms with E-state index in [1.54, 1.807) is 0 Å². The second-order valence-corrected chi connectivity index (χ2v) is 8.82. The lowest BCUT2D eigenvalue weighted by Crippen LogP contribution is -2.23. The highest BCUT2D eigenvalue weighted by atomic mass is 32.2. The van der Waals surface area contributed by atoms with Gasteiger partial charge in [-0.3, -0.25) is 0 Å². The average Bonchev–Trinajstić information content (AvgIpc) is 2.80. The minimum absolute atomic E-state index is 0.0770. The number of rotatable bonds is 10. The topological polar surface area (TPSA) is 60.6 Å². The normalized spacial score (nSPS) is 19.8. The maximum atomic E-state index is 11.5. The van der Waals surface area contributed by atoms with Crippen molar-refractivity contribution in [3.05, 3.63) is 90.1 Å². The number of benzene rings is 1. The first-order chi connectivity index (χ1) is 15.1. The van der Waals surface area contributed by atoms with Gasteiger partial charge in [0.2, 0.25) is 4.85 Å². The van der Waals surface area contributed by atoms with E-state index in [2.05, 4.69) is 24.1 Å². The van der Waals surface area contributed by atoms with Crippen LogP contribution in [-0.2, 0) is 0 Å². The first-order valence-corrected chi connectivity index (χ1v) is 11.6. The van der Waals surface area contributed by atoms with Gasteiger partial charge in [-0.2, -0.15) is 0 Å². The van der Waals surface area contributed by atoms with E-state index in [0.717, 1.165) is 66.8 Å². The third-order valence-electron chi connectivity index (χ3n) is 6.09. The molecule has 0 saturated carbocycles. The summed E-state index contributed by atoms with van der Waals surface area (Å²) in [6, 6.07) is 7.80. The molecular weight excluding hydrogens is 406 g/mol. The number of ether oxygens (including phenoxy) is 1. The number of nitrogens with zero attached hydrogens (tertiary/aromatic N) is 1. The summed E-state index contributed by atoms with van der Waals surface area (Å²) in [4.78, 5) is 14.8. The summed E-state index contributed by atoms with van der Waals surface area (Å²) in [5.41, 5.74) is 2.50. The lowest BCUT2D eigenvalue weighted by Gasteiger charge is -2.34. The molecule has 31 heavy (non-hydrogen) atoms. The van der Waals surface area contributed by atoms with Crippen molar-refractivity contribution in [2.75, 3.05) is 5.75 Å². The Morgan fingerprint density at radius 2 is 1.97 bits per heavy atom. The minimum atomic E-state index is -0.0770. The average molecular weight is 437 g/mol. The molecule has 1 atom stereocenters. The first-order valence-electron chi connectivity index (χ1n) is 10.7. The van der Waals surface area contributed by atoms with Crippen LogP contribution in [0.5, 0.6) is 5.75 Å². The molecular formula is C26H30NO3S+. The lowest BCUT2D eigenvalue weighted by molar-refractivity contribution is 0.232. The Morgan fingerprint density at radius 3 is 2.55 bits per heavy atom. The van der Waals surface area contributed by atoms with Crippen LogP contribution in [0, 0.1) is 16.2 Å². The Morgan fingerprint density at radius 1 is 1.23 bits per heavy atom. The molecule has 1 aromatic rings. The summed E-state index contributed by atoms with van der Waals surface area (Å²) in [5.74, 6) is 2.27. The standard InChI is InChI=1S/C26H29NO3S/c1-3-15-26(16-4-2)17-12-23(13-18-26)30-22-10-8-20(9-11-22)24-7-5-6-21(14-19-31-29)25(24)27-28/h3-12,21H,1-2,13-19H2/p+1. The lowest BCUT2D eigenvalue weighted by atomic mass is 9.72. The van der Waals surface area contributed by atoms with Crippen LogP contribution in [0.25, 0.3) is 5.57 Å². The quantitative estimate of drug-likeness (QED) is 0.251. The molecule has 5 heteroatoms. The second-order valence-electron chi connectivity index (χ2n) is 8.16. The van der Waals surface area contributed by atoms with Gasteiger partial charge in [-0.1, -0.05) is 36.4 Å². The zero-order chi connectivity index (χ0) is 22.1. The van der Waals surface area contributed by atoms with Crippen LogP contribution in [0.15, 0.2) is 79.6 Å². The van der Waals surface area contributed by atoms with Gasteiger partial charge >= 0.3 is 5.71 Å². The summed E-state index contributed by atoms with van der Waals surface area (Å²) >= 11 is 0.786. The maximum absolute atomic E-state index is 11.5. The van der Waals surface area contributed by atoms with E-state index < -0.39 is 0 Å². The fourth-order valence-corrected chi connectivity index (χ4v) is 4.73. The molecule has 162 valence electrons. The van der Waals surface area contributed by atoms with E-state index in [1.807, 2.05) is 54.6 Å². The SMILES string of the molecule is C=CCC1(CC=C)CC=C(Oc2ccc(C3=CC=CC(CCSO)C3=[N+]=O)cc2)CC1. The number of hydrogen-bond donors (Lipinski definition) is 1. The summed E-state index contributed by atoms with van der Waals surface area (Å²) in [6.45, 7) is 7.82. The molecule has 1 aromatic carbocycles. The van der Waals surface area contributed by atoms with Gasteiger partial charge in [0.25, 0.3) is 0 Å². The molecule has 4 nitrogen and oxygen atoms in total. The molecule has 0 spiro atoms. The Bertz CT molecular complexity index is 926. The number of hydrogen-bond acceptors (Lipinski definition) is 4. The van der Waals surface area contributed by atoms with Gasteiger partial charge in [-0.15, -0.1) is 13.2 Å². The molecule has 0 saturated heterocycles. The van der Waals surface area contributed by atoms with E-state index in [4.69, 9.17) is 9.29 Å². The van der Waals surface area contributed by atoms with Gasteiger partial charge in [-0.25, -0.2) is 0 Å². The van der Waals surface area contributed by atoms with E-state index in [0.29, 0.717) is 17.9 Å².